The Kier molecular flexibility index (Phi) is 8.44. The topological polar surface area (TPSA) is 80.3 Å². The lowest BCUT2D eigenvalue weighted by Crippen LogP contribution is -2.51. The average Bonchev–Trinajstić information content (AvgIpc) is 3.38. The zero-order valence-corrected chi connectivity index (χ0v) is 19.7. The second-order valence-corrected chi connectivity index (χ2v) is 8.94. The number of aryl methyl sites for hydroxylation is 1. The highest BCUT2D eigenvalue weighted by Gasteiger charge is 2.31. The molecule has 1 aromatic rings. The maximum absolute atomic E-state index is 12.7. The van der Waals surface area contributed by atoms with Crippen LogP contribution in [0.15, 0.2) is 72.1 Å². The molecule has 182 valence electrons. The van der Waals surface area contributed by atoms with Crippen LogP contribution in [0.4, 0.5) is 0 Å². The summed E-state index contributed by atoms with van der Waals surface area (Å²) in [4.78, 5) is 15.0. The van der Waals surface area contributed by atoms with Crippen molar-refractivity contribution in [1.82, 2.24) is 10.2 Å². The minimum absolute atomic E-state index is 0.177. The predicted molar refractivity (Wildman–Crippen MR) is 130 cm³/mol. The van der Waals surface area contributed by atoms with Gasteiger partial charge in [0.2, 0.25) is 5.91 Å². The molecule has 0 radical (unpaired) electrons. The molecule has 7 heteroatoms. The zero-order valence-electron chi connectivity index (χ0n) is 19.7. The summed E-state index contributed by atoms with van der Waals surface area (Å²) in [5.74, 6) is 1.45. The lowest BCUT2D eigenvalue weighted by atomic mass is 10.0. The Morgan fingerprint density at radius 1 is 1.21 bits per heavy atom. The smallest absolute Gasteiger partial charge is 0.223 e. The number of nitrogens with zero attached hydrogens (tertiary/aromatic N) is 1. The minimum atomic E-state index is -1.04. The summed E-state index contributed by atoms with van der Waals surface area (Å²) in [6.45, 7) is 4.73. The van der Waals surface area contributed by atoms with Crippen molar-refractivity contribution >= 4 is 5.91 Å². The molecule has 1 amide bonds. The highest BCUT2D eigenvalue weighted by molar-refractivity contribution is 5.76. The summed E-state index contributed by atoms with van der Waals surface area (Å²) in [5.41, 5.74) is 2.18. The number of ether oxygens (including phenoxy) is 3. The van der Waals surface area contributed by atoms with Crippen LogP contribution in [0.2, 0.25) is 0 Å². The Labute approximate surface area is 201 Å². The molecule has 0 aromatic heterocycles. The van der Waals surface area contributed by atoms with Crippen molar-refractivity contribution in [3.8, 4) is 5.75 Å². The SMILES string of the molecule is Cc1ccc(OCCC(=O)N[C@H](CN2CCCC2)[C@@H](O)C2=COC=C(C3=CC=CCC3)O2)cc1. The normalized spacial score (nSPS) is 19.8. The van der Waals surface area contributed by atoms with E-state index in [0.29, 0.717) is 18.1 Å². The molecule has 0 spiro atoms. The van der Waals surface area contributed by atoms with Gasteiger partial charge in [0.15, 0.2) is 11.5 Å². The first-order valence-electron chi connectivity index (χ1n) is 12.1. The van der Waals surface area contributed by atoms with Crippen LogP contribution in [0.25, 0.3) is 0 Å². The Morgan fingerprint density at radius 2 is 2.00 bits per heavy atom. The molecule has 2 aliphatic heterocycles. The van der Waals surface area contributed by atoms with E-state index in [-0.39, 0.29) is 18.9 Å². The third-order valence-corrected chi connectivity index (χ3v) is 6.21. The number of nitrogens with one attached hydrogen (secondary N) is 1. The molecular weight excluding hydrogens is 432 g/mol. The molecule has 1 fully saturated rings. The maximum atomic E-state index is 12.7. The van der Waals surface area contributed by atoms with Crippen LogP contribution in [0.1, 0.15) is 37.7 Å². The third kappa shape index (κ3) is 6.74. The lowest BCUT2D eigenvalue weighted by molar-refractivity contribution is -0.123. The van der Waals surface area contributed by atoms with E-state index in [1.807, 2.05) is 43.3 Å². The van der Waals surface area contributed by atoms with E-state index < -0.39 is 12.1 Å². The first-order chi connectivity index (χ1) is 16.6. The van der Waals surface area contributed by atoms with E-state index in [4.69, 9.17) is 14.2 Å². The number of allylic oxidation sites excluding steroid dienone is 4. The summed E-state index contributed by atoms with van der Waals surface area (Å²) in [6.07, 6.45) is 12.2. The van der Waals surface area contributed by atoms with Gasteiger partial charge >= 0.3 is 0 Å². The average molecular weight is 467 g/mol. The number of carbonyl (C=O) groups is 1. The quantitative estimate of drug-likeness (QED) is 0.547. The molecule has 1 saturated heterocycles. The Morgan fingerprint density at radius 3 is 2.74 bits per heavy atom. The fraction of sp³-hybridized carbons (Fsp3) is 0.444. The standard InChI is InChI=1S/C27H34N2O5/c1-20-9-11-22(12-10-20)33-16-13-26(30)28-23(17-29-14-5-6-15-29)27(31)25-19-32-18-24(34-25)21-7-3-2-4-8-21/h2-3,7,9-12,18-19,23,27,31H,4-6,8,13-17H2,1H3,(H,28,30)/t23-,27-/m1/s1. The maximum Gasteiger partial charge on any atom is 0.223 e. The molecule has 3 aliphatic rings. The first-order valence-corrected chi connectivity index (χ1v) is 12.1. The van der Waals surface area contributed by atoms with Crippen molar-refractivity contribution in [2.75, 3.05) is 26.2 Å². The van der Waals surface area contributed by atoms with Crippen LogP contribution in [0.5, 0.6) is 5.75 Å². The Balaban J connectivity index is 1.35. The van der Waals surface area contributed by atoms with E-state index in [0.717, 1.165) is 55.7 Å². The van der Waals surface area contributed by atoms with Gasteiger partial charge in [-0.05, 0) is 63.4 Å². The summed E-state index contributed by atoms with van der Waals surface area (Å²) < 4.78 is 17.2. The fourth-order valence-corrected chi connectivity index (χ4v) is 4.26. The van der Waals surface area contributed by atoms with Crippen molar-refractivity contribution < 1.29 is 24.1 Å². The molecule has 0 bridgehead atoms. The molecular formula is C27H34N2O5. The molecule has 34 heavy (non-hydrogen) atoms. The van der Waals surface area contributed by atoms with Crippen molar-refractivity contribution in [2.24, 2.45) is 0 Å². The number of amides is 1. The second-order valence-electron chi connectivity index (χ2n) is 8.94. The van der Waals surface area contributed by atoms with Gasteiger partial charge in [0.1, 0.15) is 24.4 Å². The first kappa shape index (κ1) is 24.1. The summed E-state index contributed by atoms with van der Waals surface area (Å²) in [6, 6.07) is 7.20. The molecule has 0 saturated carbocycles. The van der Waals surface area contributed by atoms with Crippen LogP contribution >= 0.6 is 0 Å². The van der Waals surface area contributed by atoms with Gasteiger partial charge in [-0.25, -0.2) is 0 Å². The van der Waals surface area contributed by atoms with Gasteiger partial charge in [0.25, 0.3) is 0 Å². The van der Waals surface area contributed by atoms with Crippen molar-refractivity contribution in [3.63, 3.8) is 0 Å². The van der Waals surface area contributed by atoms with Gasteiger partial charge in [-0.15, -0.1) is 0 Å². The van der Waals surface area contributed by atoms with Gasteiger partial charge in [-0.1, -0.05) is 35.9 Å². The van der Waals surface area contributed by atoms with E-state index in [9.17, 15) is 9.90 Å². The van der Waals surface area contributed by atoms with E-state index in [1.54, 1.807) is 6.26 Å². The van der Waals surface area contributed by atoms with Crippen molar-refractivity contribution in [1.29, 1.82) is 0 Å². The number of aliphatic hydroxyl groups is 1. The highest BCUT2D eigenvalue weighted by atomic mass is 16.6. The van der Waals surface area contributed by atoms with Gasteiger partial charge in [0, 0.05) is 6.54 Å². The lowest BCUT2D eigenvalue weighted by Gasteiger charge is -2.30. The van der Waals surface area contributed by atoms with Crippen LogP contribution in [-0.2, 0) is 14.3 Å². The van der Waals surface area contributed by atoms with E-state index >= 15 is 0 Å². The monoisotopic (exact) mass is 466 g/mol. The third-order valence-electron chi connectivity index (χ3n) is 6.21. The van der Waals surface area contributed by atoms with Gasteiger partial charge in [0.05, 0.1) is 19.1 Å². The minimum Gasteiger partial charge on any atom is -0.493 e. The van der Waals surface area contributed by atoms with Crippen LogP contribution in [0, 0.1) is 6.92 Å². The van der Waals surface area contributed by atoms with Crippen molar-refractivity contribution in [2.45, 2.75) is 51.2 Å². The summed E-state index contributed by atoms with van der Waals surface area (Å²) >= 11 is 0. The molecule has 4 rings (SSSR count). The summed E-state index contributed by atoms with van der Waals surface area (Å²) in [5, 5.41) is 14.2. The summed E-state index contributed by atoms with van der Waals surface area (Å²) in [7, 11) is 0. The molecule has 7 nitrogen and oxygen atoms in total. The molecule has 0 unspecified atom stereocenters. The van der Waals surface area contributed by atoms with E-state index in [1.165, 1.54) is 6.26 Å². The Bertz CT molecular complexity index is 958. The van der Waals surface area contributed by atoms with Gasteiger partial charge < -0.3 is 29.5 Å². The van der Waals surface area contributed by atoms with Crippen LogP contribution in [0.3, 0.4) is 0 Å². The Hall–Kier alpha value is -3.03. The van der Waals surface area contributed by atoms with Gasteiger partial charge in [-0.3, -0.25) is 4.79 Å². The van der Waals surface area contributed by atoms with Crippen LogP contribution in [-0.4, -0.2) is 54.3 Å². The zero-order chi connectivity index (χ0) is 23.8. The number of carbonyl (C=O) groups excluding carboxylic acids is 1. The number of rotatable bonds is 10. The van der Waals surface area contributed by atoms with Crippen molar-refractivity contribution in [3.05, 3.63) is 77.7 Å². The van der Waals surface area contributed by atoms with Gasteiger partial charge in [-0.2, -0.15) is 0 Å². The number of hydrogen-bond acceptors (Lipinski definition) is 6. The number of aliphatic hydroxyl groups excluding tert-OH is 1. The number of hydrogen-bond donors (Lipinski definition) is 2. The molecule has 1 aliphatic carbocycles. The second kappa shape index (κ2) is 11.9. The van der Waals surface area contributed by atoms with Crippen LogP contribution < -0.4 is 10.1 Å². The molecule has 2 N–H and O–H groups in total. The predicted octanol–water partition coefficient (Wildman–Crippen LogP) is 3.71. The van der Waals surface area contributed by atoms with E-state index in [2.05, 4.69) is 16.3 Å². The highest BCUT2D eigenvalue weighted by Crippen LogP contribution is 2.28. The number of benzene rings is 1. The fourth-order valence-electron chi connectivity index (χ4n) is 4.26. The largest absolute Gasteiger partial charge is 0.493 e. The number of likely N-dealkylation sites (tertiary alicyclic amines) is 1. The molecule has 1 aromatic carbocycles. The molecule has 2 atom stereocenters. The molecule has 2 heterocycles.